The summed E-state index contributed by atoms with van der Waals surface area (Å²) in [5.41, 5.74) is -0.0534. The molecule has 1 aromatic rings. The Morgan fingerprint density at radius 2 is 1.85 bits per heavy atom. The maximum Gasteiger partial charge on any atom is 0.255 e. The summed E-state index contributed by atoms with van der Waals surface area (Å²) in [7, 11) is 0. The Balaban J connectivity index is 2.05. The maximum absolute atomic E-state index is 13.4. The molecule has 0 aromatic carbocycles. The molecule has 0 radical (unpaired) electrons. The van der Waals surface area contributed by atoms with Gasteiger partial charge in [0, 0.05) is 38.6 Å². The van der Waals surface area contributed by atoms with E-state index in [4.69, 9.17) is 0 Å². The molecule has 188 valence electrons. The number of pyridine rings is 1. The second kappa shape index (κ2) is 12.5. The van der Waals surface area contributed by atoms with Gasteiger partial charge in [-0.3, -0.25) is 29.4 Å². The van der Waals surface area contributed by atoms with E-state index >= 15 is 0 Å². The van der Waals surface area contributed by atoms with Crippen LogP contribution in [0, 0.1) is 11.3 Å². The molecule has 0 spiro atoms. The highest BCUT2D eigenvalue weighted by molar-refractivity contribution is 5.94. The van der Waals surface area contributed by atoms with Crippen molar-refractivity contribution in [3.8, 4) is 0 Å². The van der Waals surface area contributed by atoms with Crippen LogP contribution in [0.2, 0.25) is 0 Å². The third-order valence-electron chi connectivity index (χ3n) is 5.99. The standard InChI is InChI=1S/C24H37N5O5/c1-5-6-8-19(16-29(34)17-30)21(31)26-20(24(2,3)4)23(33)28-13-11-27(12-14-28)22(32)18-9-7-10-25-15-18/h7,9-10,15,17,19-20,34H,5-6,8,11-14,16H2,1-4H3,(H,26,31)/t19-,20?/m1/s1. The number of carbonyl (C=O) groups is 4. The van der Waals surface area contributed by atoms with Crippen molar-refractivity contribution < 1.29 is 24.4 Å². The summed E-state index contributed by atoms with van der Waals surface area (Å²) in [4.78, 5) is 57.3. The molecule has 0 aliphatic carbocycles. The summed E-state index contributed by atoms with van der Waals surface area (Å²) in [6.07, 6.45) is 5.51. The third kappa shape index (κ3) is 7.51. The highest BCUT2D eigenvalue weighted by atomic mass is 16.5. The first-order valence-electron chi connectivity index (χ1n) is 11.8. The average molecular weight is 476 g/mol. The van der Waals surface area contributed by atoms with Crippen LogP contribution in [0.25, 0.3) is 0 Å². The Morgan fingerprint density at radius 3 is 2.38 bits per heavy atom. The molecule has 1 fully saturated rings. The Bertz CT molecular complexity index is 834. The largest absolute Gasteiger partial charge is 0.344 e. The predicted octanol–water partition coefficient (Wildman–Crippen LogP) is 1.55. The molecule has 2 heterocycles. The average Bonchev–Trinajstić information content (AvgIpc) is 2.83. The Kier molecular flexibility index (Phi) is 9.97. The van der Waals surface area contributed by atoms with Crippen LogP contribution in [-0.4, -0.2) is 88.0 Å². The molecular formula is C24H37N5O5. The summed E-state index contributed by atoms with van der Waals surface area (Å²) in [6, 6.07) is 2.64. The van der Waals surface area contributed by atoms with Crippen LogP contribution >= 0.6 is 0 Å². The van der Waals surface area contributed by atoms with E-state index in [9.17, 15) is 24.4 Å². The fourth-order valence-corrected chi connectivity index (χ4v) is 3.92. The van der Waals surface area contributed by atoms with Gasteiger partial charge in [-0.25, -0.2) is 5.06 Å². The van der Waals surface area contributed by atoms with Gasteiger partial charge < -0.3 is 15.1 Å². The van der Waals surface area contributed by atoms with Gasteiger partial charge >= 0.3 is 0 Å². The number of carbonyl (C=O) groups excluding carboxylic acids is 4. The first kappa shape index (κ1) is 27.2. The maximum atomic E-state index is 13.4. The van der Waals surface area contributed by atoms with Gasteiger partial charge in [0.25, 0.3) is 5.91 Å². The molecule has 1 unspecified atom stereocenters. The molecule has 34 heavy (non-hydrogen) atoms. The van der Waals surface area contributed by atoms with Gasteiger partial charge in [0.05, 0.1) is 18.0 Å². The SMILES string of the molecule is CCCC[C@H](CN(O)C=O)C(=O)NC(C(=O)N1CCN(C(=O)c2cccnc2)CC1)C(C)(C)C. The highest BCUT2D eigenvalue weighted by Crippen LogP contribution is 2.23. The minimum absolute atomic E-state index is 0.122. The number of amides is 4. The van der Waals surface area contributed by atoms with E-state index in [1.54, 1.807) is 28.1 Å². The van der Waals surface area contributed by atoms with E-state index in [2.05, 4.69) is 10.3 Å². The predicted molar refractivity (Wildman–Crippen MR) is 126 cm³/mol. The smallest absolute Gasteiger partial charge is 0.255 e. The second-order valence-corrected chi connectivity index (χ2v) is 9.73. The lowest BCUT2D eigenvalue weighted by molar-refractivity contribution is -0.155. The molecule has 1 aliphatic rings. The second-order valence-electron chi connectivity index (χ2n) is 9.73. The number of hydrogen-bond acceptors (Lipinski definition) is 6. The molecule has 0 bridgehead atoms. The fourth-order valence-electron chi connectivity index (χ4n) is 3.92. The van der Waals surface area contributed by atoms with Crippen LogP contribution in [0.15, 0.2) is 24.5 Å². The van der Waals surface area contributed by atoms with Crippen LogP contribution in [-0.2, 0) is 14.4 Å². The van der Waals surface area contributed by atoms with Crippen molar-refractivity contribution in [2.75, 3.05) is 32.7 Å². The van der Waals surface area contributed by atoms with Crippen LogP contribution in [0.5, 0.6) is 0 Å². The summed E-state index contributed by atoms with van der Waals surface area (Å²) in [5, 5.41) is 13.0. The first-order chi connectivity index (χ1) is 16.1. The van der Waals surface area contributed by atoms with E-state index in [1.165, 1.54) is 6.20 Å². The zero-order valence-electron chi connectivity index (χ0n) is 20.6. The van der Waals surface area contributed by atoms with Gasteiger partial charge in [0.2, 0.25) is 18.2 Å². The van der Waals surface area contributed by atoms with Crippen LogP contribution < -0.4 is 5.32 Å². The molecule has 2 N–H and O–H groups in total. The monoisotopic (exact) mass is 475 g/mol. The number of nitrogens with zero attached hydrogens (tertiary/aromatic N) is 4. The minimum Gasteiger partial charge on any atom is -0.344 e. The van der Waals surface area contributed by atoms with Crippen molar-refractivity contribution in [2.45, 2.75) is 53.0 Å². The number of hydrogen-bond donors (Lipinski definition) is 2. The lowest BCUT2D eigenvalue weighted by Gasteiger charge is -2.40. The number of aromatic nitrogens is 1. The molecule has 10 nitrogen and oxygen atoms in total. The van der Waals surface area contributed by atoms with Crippen molar-refractivity contribution in [3.05, 3.63) is 30.1 Å². The summed E-state index contributed by atoms with van der Waals surface area (Å²) in [6.45, 7) is 9.00. The Labute approximate surface area is 201 Å². The van der Waals surface area contributed by atoms with Crippen molar-refractivity contribution in [1.29, 1.82) is 0 Å². The molecule has 4 amide bonds. The molecule has 0 saturated carbocycles. The molecule has 1 aliphatic heterocycles. The lowest BCUT2D eigenvalue weighted by atomic mass is 9.85. The van der Waals surface area contributed by atoms with Crippen LogP contribution in [0.1, 0.15) is 57.3 Å². The number of hydroxylamine groups is 2. The zero-order chi connectivity index (χ0) is 25.3. The van der Waals surface area contributed by atoms with Gasteiger partial charge in [0.1, 0.15) is 6.04 Å². The van der Waals surface area contributed by atoms with E-state index in [0.29, 0.717) is 43.2 Å². The van der Waals surface area contributed by atoms with Crippen molar-refractivity contribution in [1.82, 2.24) is 25.2 Å². The van der Waals surface area contributed by atoms with Gasteiger partial charge in [-0.1, -0.05) is 40.5 Å². The molecule has 2 atom stereocenters. The van der Waals surface area contributed by atoms with Crippen LogP contribution in [0.3, 0.4) is 0 Å². The summed E-state index contributed by atoms with van der Waals surface area (Å²) in [5.74, 6) is -1.32. The molecule has 1 saturated heterocycles. The number of piperazine rings is 1. The number of rotatable bonds is 10. The highest BCUT2D eigenvalue weighted by Gasteiger charge is 2.38. The quantitative estimate of drug-likeness (QED) is 0.301. The fraction of sp³-hybridized carbons (Fsp3) is 0.625. The minimum atomic E-state index is -0.784. The molecular weight excluding hydrogens is 438 g/mol. The topological polar surface area (TPSA) is 123 Å². The van der Waals surface area contributed by atoms with Gasteiger partial charge in [0.15, 0.2) is 0 Å². The summed E-state index contributed by atoms with van der Waals surface area (Å²) < 4.78 is 0. The van der Waals surface area contributed by atoms with Gasteiger partial charge in [-0.2, -0.15) is 0 Å². The first-order valence-corrected chi connectivity index (χ1v) is 11.8. The summed E-state index contributed by atoms with van der Waals surface area (Å²) >= 11 is 0. The molecule has 1 aromatic heterocycles. The van der Waals surface area contributed by atoms with Crippen LogP contribution in [0.4, 0.5) is 0 Å². The molecule has 2 rings (SSSR count). The lowest BCUT2D eigenvalue weighted by Crippen LogP contribution is -2.60. The van der Waals surface area contributed by atoms with E-state index in [0.717, 1.165) is 12.8 Å². The van der Waals surface area contributed by atoms with Crippen molar-refractivity contribution in [3.63, 3.8) is 0 Å². The van der Waals surface area contributed by atoms with Crippen molar-refractivity contribution in [2.24, 2.45) is 11.3 Å². The van der Waals surface area contributed by atoms with E-state index in [1.807, 2.05) is 27.7 Å². The number of unbranched alkanes of at least 4 members (excludes halogenated alkanes) is 1. The molecule has 10 heteroatoms. The normalized spacial score (nSPS) is 15.9. The van der Waals surface area contributed by atoms with Gasteiger partial charge in [-0.05, 0) is 24.0 Å². The number of nitrogens with one attached hydrogen (secondary N) is 1. The van der Waals surface area contributed by atoms with Gasteiger partial charge in [-0.15, -0.1) is 0 Å². The van der Waals surface area contributed by atoms with E-state index in [-0.39, 0.29) is 30.7 Å². The Morgan fingerprint density at radius 1 is 1.21 bits per heavy atom. The third-order valence-corrected chi connectivity index (χ3v) is 5.99. The van der Waals surface area contributed by atoms with E-state index < -0.39 is 17.4 Å². The zero-order valence-corrected chi connectivity index (χ0v) is 20.6. The Hall–Kier alpha value is -3.01. The van der Waals surface area contributed by atoms with Crippen molar-refractivity contribution >= 4 is 24.1 Å².